The second kappa shape index (κ2) is 7.62. The summed E-state index contributed by atoms with van der Waals surface area (Å²) in [5, 5.41) is 0. The Labute approximate surface area is 106 Å². The summed E-state index contributed by atoms with van der Waals surface area (Å²) >= 11 is 0. The number of hydrogen-bond donors (Lipinski definition) is 0. The highest BCUT2D eigenvalue weighted by Crippen LogP contribution is 1.97. The molecule has 18 heavy (non-hydrogen) atoms. The van der Waals surface area contributed by atoms with Gasteiger partial charge in [-0.25, -0.2) is 0 Å². The average Bonchev–Trinajstić information content (AvgIpc) is 2.41. The molecule has 0 aliphatic carbocycles. The Morgan fingerprint density at radius 3 is 1.50 bits per heavy atom. The number of rotatable bonds is 2. The lowest BCUT2D eigenvalue weighted by Gasteiger charge is -2.22. The number of hydrogen-bond acceptors (Lipinski definition) is 4. The lowest BCUT2D eigenvalue weighted by Crippen LogP contribution is -2.37. The van der Waals surface area contributed by atoms with Crippen molar-refractivity contribution in [2.24, 2.45) is 0 Å². The van der Waals surface area contributed by atoms with E-state index in [4.69, 9.17) is 9.47 Å². The summed E-state index contributed by atoms with van der Waals surface area (Å²) in [6.45, 7) is 9.90. The maximum Gasteiger partial charge on any atom is 0.252 e. The number of nitrogens with zero attached hydrogens (tertiary/aromatic N) is 2. The Morgan fingerprint density at radius 2 is 1.28 bits per heavy atom. The topological polar surface area (TPSA) is 59.1 Å². The Morgan fingerprint density at radius 1 is 0.889 bits per heavy atom. The monoisotopic (exact) mass is 254 g/mol. The van der Waals surface area contributed by atoms with Gasteiger partial charge in [0.2, 0.25) is 0 Å². The van der Waals surface area contributed by atoms with E-state index < -0.39 is 0 Å². The summed E-state index contributed by atoms with van der Waals surface area (Å²) in [6, 6.07) is 0. The molecule has 0 aromatic carbocycles. The minimum Gasteiger partial charge on any atom is -0.370 e. The third kappa shape index (κ3) is 4.31. The lowest BCUT2D eigenvalue weighted by molar-refractivity contribution is -0.139. The fraction of sp³-hybridized carbons (Fsp3) is 0.500. The predicted molar refractivity (Wildman–Crippen MR) is 65.5 cm³/mol. The van der Waals surface area contributed by atoms with Crippen LogP contribution in [0.3, 0.4) is 0 Å². The maximum absolute atomic E-state index is 10.8. The molecule has 0 N–H and O–H groups in total. The van der Waals surface area contributed by atoms with Gasteiger partial charge in [0.15, 0.2) is 0 Å². The van der Waals surface area contributed by atoms with E-state index in [1.807, 2.05) is 0 Å². The molecule has 0 bridgehead atoms. The van der Waals surface area contributed by atoms with Crippen LogP contribution in [0.25, 0.3) is 0 Å². The predicted octanol–water partition coefficient (Wildman–Crippen LogP) is -0.0226. The minimum atomic E-state index is -0.00347. The fourth-order valence-electron chi connectivity index (χ4n) is 1.45. The summed E-state index contributed by atoms with van der Waals surface area (Å²) in [7, 11) is 0. The van der Waals surface area contributed by atoms with Crippen molar-refractivity contribution < 1.29 is 19.1 Å². The standard InChI is InChI=1S/2C6H9NO2/c2*1-2-7-3-4-9-5-6(7)8/h2*2H,1,3-5H2. The van der Waals surface area contributed by atoms with Gasteiger partial charge in [-0.15, -0.1) is 0 Å². The Hall–Kier alpha value is -1.66. The summed E-state index contributed by atoms with van der Waals surface area (Å²) < 4.78 is 9.75. The maximum atomic E-state index is 10.8. The highest BCUT2D eigenvalue weighted by molar-refractivity contribution is 5.79. The van der Waals surface area contributed by atoms with Crippen molar-refractivity contribution in [1.82, 2.24) is 9.80 Å². The average molecular weight is 254 g/mol. The fourth-order valence-corrected chi connectivity index (χ4v) is 1.45. The van der Waals surface area contributed by atoms with Crippen molar-refractivity contribution >= 4 is 11.8 Å². The SMILES string of the molecule is C=CN1CCOCC1=O.C=CN1CCOCC1=O. The zero-order valence-corrected chi connectivity index (χ0v) is 10.3. The summed E-state index contributed by atoms with van der Waals surface area (Å²) in [4.78, 5) is 24.6. The molecule has 2 heterocycles. The Bertz CT molecular complexity index is 298. The molecule has 2 amide bonds. The normalized spacial score (nSPS) is 20.0. The van der Waals surface area contributed by atoms with Crippen LogP contribution in [0.4, 0.5) is 0 Å². The second-order valence-corrected chi connectivity index (χ2v) is 3.64. The molecule has 0 aromatic rings. The smallest absolute Gasteiger partial charge is 0.252 e. The molecule has 0 unspecified atom stereocenters. The number of carbonyl (C=O) groups excluding carboxylic acids is 2. The Balaban J connectivity index is 0.000000180. The van der Waals surface area contributed by atoms with Gasteiger partial charge < -0.3 is 19.3 Å². The van der Waals surface area contributed by atoms with Gasteiger partial charge in [-0.05, 0) is 12.4 Å². The van der Waals surface area contributed by atoms with Gasteiger partial charge in [0, 0.05) is 13.1 Å². The van der Waals surface area contributed by atoms with Crippen molar-refractivity contribution in [2.45, 2.75) is 0 Å². The van der Waals surface area contributed by atoms with Crippen molar-refractivity contribution in [3.63, 3.8) is 0 Å². The summed E-state index contributed by atoms with van der Waals surface area (Å²) in [6.07, 6.45) is 3.07. The van der Waals surface area contributed by atoms with E-state index in [0.29, 0.717) is 26.3 Å². The highest BCUT2D eigenvalue weighted by atomic mass is 16.5. The van der Waals surface area contributed by atoms with Crippen LogP contribution in [0.1, 0.15) is 0 Å². The molecule has 100 valence electrons. The molecule has 2 aliphatic heterocycles. The molecule has 0 atom stereocenters. The molecule has 6 nitrogen and oxygen atoms in total. The summed E-state index contributed by atoms with van der Waals surface area (Å²) in [5.74, 6) is -0.00694. The van der Waals surface area contributed by atoms with Crippen molar-refractivity contribution in [1.29, 1.82) is 0 Å². The largest absolute Gasteiger partial charge is 0.370 e. The number of morpholine rings is 2. The van der Waals surface area contributed by atoms with Crippen LogP contribution >= 0.6 is 0 Å². The van der Waals surface area contributed by atoms with Crippen LogP contribution in [0.15, 0.2) is 25.6 Å². The van der Waals surface area contributed by atoms with E-state index in [1.165, 1.54) is 12.4 Å². The molecule has 0 radical (unpaired) electrons. The zero-order chi connectivity index (χ0) is 13.4. The van der Waals surface area contributed by atoms with Gasteiger partial charge >= 0.3 is 0 Å². The van der Waals surface area contributed by atoms with E-state index in [-0.39, 0.29) is 25.0 Å². The van der Waals surface area contributed by atoms with Crippen LogP contribution in [-0.2, 0) is 19.1 Å². The first kappa shape index (κ1) is 14.4. The highest BCUT2D eigenvalue weighted by Gasteiger charge is 2.15. The van der Waals surface area contributed by atoms with Crippen molar-refractivity contribution in [2.75, 3.05) is 39.5 Å². The molecule has 2 fully saturated rings. The molecule has 2 aliphatic rings. The molecule has 0 aromatic heterocycles. The Kier molecular flexibility index (Phi) is 6.10. The molecule has 2 saturated heterocycles. The van der Waals surface area contributed by atoms with Gasteiger partial charge in [-0.1, -0.05) is 13.2 Å². The molecule has 2 rings (SSSR count). The quantitative estimate of drug-likeness (QED) is 0.695. The first-order valence-electron chi connectivity index (χ1n) is 5.68. The van der Waals surface area contributed by atoms with E-state index >= 15 is 0 Å². The first-order valence-corrected chi connectivity index (χ1v) is 5.68. The first-order chi connectivity index (χ1) is 8.69. The molecule has 6 heteroatoms. The molecule has 0 spiro atoms. The van der Waals surface area contributed by atoms with Crippen molar-refractivity contribution in [3.8, 4) is 0 Å². The third-order valence-electron chi connectivity index (χ3n) is 2.49. The molecular formula is C12H18N2O4. The second-order valence-electron chi connectivity index (χ2n) is 3.64. The number of carbonyl (C=O) groups is 2. The van der Waals surface area contributed by atoms with Crippen LogP contribution in [-0.4, -0.2) is 61.1 Å². The van der Waals surface area contributed by atoms with E-state index in [2.05, 4.69) is 13.2 Å². The minimum absolute atomic E-state index is 0.00347. The van der Waals surface area contributed by atoms with Crippen LogP contribution in [0, 0.1) is 0 Å². The van der Waals surface area contributed by atoms with Crippen LogP contribution < -0.4 is 0 Å². The van der Waals surface area contributed by atoms with Crippen LogP contribution in [0.5, 0.6) is 0 Å². The van der Waals surface area contributed by atoms with E-state index in [9.17, 15) is 9.59 Å². The van der Waals surface area contributed by atoms with Gasteiger partial charge in [-0.3, -0.25) is 9.59 Å². The number of ether oxygens (including phenoxy) is 2. The van der Waals surface area contributed by atoms with E-state index in [0.717, 1.165) is 0 Å². The molecule has 0 saturated carbocycles. The van der Waals surface area contributed by atoms with Gasteiger partial charge in [0.05, 0.1) is 13.2 Å². The lowest BCUT2D eigenvalue weighted by atomic mass is 10.4. The van der Waals surface area contributed by atoms with Gasteiger partial charge in [-0.2, -0.15) is 0 Å². The molecular weight excluding hydrogens is 236 g/mol. The zero-order valence-electron chi connectivity index (χ0n) is 10.3. The summed E-state index contributed by atoms with van der Waals surface area (Å²) in [5.41, 5.74) is 0. The third-order valence-corrected chi connectivity index (χ3v) is 2.49. The van der Waals surface area contributed by atoms with Crippen molar-refractivity contribution in [3.05, 3.63) is 25.6 Å². The van der Waals surface area contributed by atoms with Gasteiger partial charge in [0.1, 0.15) is 13.2 Å². The van der Waals surface area contributed by atoms with Crippen LogP contribution in [0.2, 0.25) is 0 Å². The number of amides is 2. The van der Waals surface area contributed by atoms with E-state index in [1.54, 1.807) is 9.80 Å². The van der Waals surface area contributed by atoms with Gasteiger partial charge in [0.25, 0.3) is 11.8 Å².